The number of nitrogens with one attached hydrogen (secondary N) is 2. The quantitative estimate of drug-likeness (QED) is 0.617. The molecule has 2 heterocycles. The Morgan fingerprint density at radius 1 is 1.00 bits per heavy atom. The van der Waals surface area contributed by atoms with Gasteiger partial charge in [-0.25, -0.2) is 0 Å². The first kappa shape index (κ1) is 21.0. The number of amides is 2. The third-order valence-electron chi connectivity index (χ3n) is 5.38. The highest BCUT2D eigenvalue weighted by molar-refractivity contribution is 7.03. The number of carbonyl (C=O) groups excluding carboxylic acids is 2. The number of hydrogen-bond donors (Lipinski definition) is 2. The molecule has 8 nitrogen and oxygen atoms in total. The topological polar surface area (TPSA) is 90.5 Å². The second-order valence-corrected chi connectivity index (χ2v) is 8.28. The molecule has 3 aromatic rings. The molecule has 2 amide bonds. The van der Waals surface area contributed by atoms with E-state index in [2.05, 4.69) is 44.1 Å². The van der Waals surface area contributed by atoms with Crippen molar-refractivity contribution >= 4 is 40.4 Å². The van der Waals surface area contributed by atoms with Gasteiger partial charge >= 0.3 is 0 Å². The van der Waals surface area contributed by atoms with Crippen LogP contribution in [0.4, 0.5) is 17.1 Å². The van der Waals surface area contributed by atoms with Crippen LogP contribution < -0.4 is 15.5 Å². The molecule has 2 N–H and O–H groups in total. The number of aromatic nitrogens is 2. The summed E-state index contributed by atoms with van der Waals surface area (Å²) in [6, 6.07) is 15.2. The van der Waals surface area contributed by atoms with Gasteiger partial charge in [0.1, 0.15) is 0 Å². The van der Waals surface area contributed by atoms with E-state index in [1.165, 1.54) is 0 Å². The first-order chi connectivity index (χ1) is 15.0. The van der Waals surface area contributed by atoms with Crippen LogP contribution in [0.5, 0.6) is 0 Å². The first-order valence-corrected chi connectivity index (χ1v) is 10.8. The summed E-state index contributed by atoms with van der Waals surface area (Å²) in [6.07, 6.45) is 1.16. The fourth-order valence-corrected chi connectivity index (χ4v) is 3.96. The molecule has 1 fully saturated rings. The molecule has 31 heavy (non-hydrogen) atoms. The summed E-state index contributed by atoms with van der Waals surface area (Å²) >= 11 is 1.12. The number of anilines is 3. The molecule has 0 bridgehead atoms. The molecule has 1 atom stereocenters. The molecule has 1 unspecified atom stereocenters. The minimum Gasteiger partial charge on any atom is -0.370 e. The number of benzene rings is 2. The average Bonchev–Trinajstić information content (AvgIpc) is 3.47. The van der Waals surface area contributed by atoms with Gasteiger partial charge in [-0.3, -0.25) is 9.59 Å². The molecular formula is C22H24N6O2S. The maximum absolute atomic E-state index is 12.6. The van der Waals surface area contributed by atoms with Gasteiger partial charge in [0.05, 0.1) is 0 Å². The highest BCUT2D eigenvalue weighted by Crippen LogP contribution is 2.24. The Morgan fingerprint density at radius 3 is 2.23 bits per heavy atom. The van der Waals surface area contributed by atoms with Crippen LogP contribution in [-0.4, -0.2) is 59.5 Å². The van der Waals surface area contributed by atoms with Gasteiger partial charge in [-0.1, -0.05) is 4.49 Å². The van der Waals surface area contributed by atoms with Crippen molar-refractivity contribution in [3.05, 3.63) is 65.2 Å². The fourth-order valence-electron chi connectivity index (χ4n) is 3.52. The SMILES string of the molecule is CN(C)C1CCN(c2ccc(NC(=O)c3ccc(NC(=O)c4csnn4)cc3)cc2)C1. The second kappa shape index (κ2) is 9.23. The lowest BCUT2D eigenvalue weighted by atomic mass is 10.2. The Labute approximate surface area is 185 Å². The second-order valence-electron chi connectivity index (χ2n) is 7.67. The molecule has 160 valence electrons. The number of likely N-dealkylation sites (N-methyl/N-ethyl adjacent to an activating group) is 1. The summed E-state index contributed by atoms with van der Waals surface area (Å²) in [7, 11) is 4.23. The van der Waals surface area contributed by atoms with Crippen molar-refractivity contribution in [3.63, 3.8) is 0 Å². The largest absolute Gasteiger partial charge is 0.370 e. The number of carbonyl (C=O) groups is 2. The Balaban J connectivity index is 1.33. The van der Waals surface area contributed by atoms with E-state index in [0.29, 0.717) is 17.3 Å². The van der Waals surface area contributed by atoms with E-state index >= 15 is 0 Å². The van der Waals surface area contributed by atoms with Crippen molar-refractivity contribution in [1.82, 2.24) is 14.5 Å². The molecule has 1 aromatic heterocycles. The van der Waals surface area contributed by atoms with Crippen LogP contribution in [-0.2, 0) is 0 Å². The standard InChI is InChI=1S/C22H24N6O2S/c1-27(2)19-11-12-28(13-19)18-9-7-17(8-10-18)23-21(29)15-3-5-16(6-4-15)24-22(30)20-14-31-26-25-20/h3-10,14,19H,11-13H2,1-2H3,(H,23,29)(H,24,30). The summed E-state index contributed by atoms with van der Waals surface area (Å²) in [6.45, 7) is 2.05. The highest BCUT2D eigenvalue weighted by atomic mass is 32.1. The van der Waals surface area contributed by atoms with Crippen molar-refractivity contribution in [1.29, 1.82) is 0 Å². The molecule has 2 aromatic carbocycles. The zero-order valence-electron chi connectivity index (χ0n) is 17.4. The third kappa shape index (κ3) is 5.07. The molecule has 0 aliphatic carbocycles. The molecule has 0 saturated carbocycles. The van der Waals surface area contributed by atoms with E-state index < -0.39 is 0 Å². The average molecular weight is 437 g/mol. The van der Waals surface area contributed by atoms with E-state index in [4.69, 9.17) is 0 Å². The zero-order valence-corrected chi connectivity index (χ0v) is 18.2. The molecular weight excluding hydrogens is 412 g/mol. The van der Waals surface area contributed by atoms with Crippen LogP contribution in [0.25, 0.3) is 0 Å². The summed E-state index contributed by atoms with van der Waals surface area (Å²) in [5, 5.41) is 11.0. The Hall–Kier alpha value is -3.30. The smallest absolute Gasteiger partial charge is 0.277 e. The summed E-state index contributed by atoms with van der Waals surface area (Å²) in [5.74, 6) is -0.538. The highest BCUT2D eigenvalue weighted by Gasteiger charge is 2.24. The Morgan fingerprint density at radius 2 is 1.65 bits per heavy atom. The molecule has 1 aliphatic heterocycles. The number of nitrogens with zero attached hydrogens (tertiary/aromatic N) is 4. The van der Waals surface area contributed by atoms with Gasteiger partial charge in [0, 0.05) is 47.1 Å². The van der Waals surface area contributed by atoms with Crippen molar-refractivity contribution in [2.45, 2.75) is 12.5 Å². The van der Waals surface area contributed by atoms with Gasteiger partial charge in [0.2, 0.25) is 0 Å². The lowest BCUT2D eigenvalue weighted by Gasteiger charge is -2.22. The van der Waals surface area contributed by atoms with Crippen LogP contribution in [0.2, 0.25) is 0 Å². The van der Waals surface area contributed by atoms with E-state index in [9.17, 15) is 9.59 Å². The van der Waals surface area contributed by atoms with E-state index in [-0.39, 0.29) is 17.5 Å². The van der Waals surface area contributed by atoms with Crippen LogP contribution in [0.15, 0.2) is 53.9 Å². The Bertz CT molecular complexity index is 1030. The van der Waals surface area contributed by atoms with Crippen LogP contribution >= 0.6 is 11.5 Å². The van der Waals surface area contributed by atoms with Crippen molar-refractivity contribution in [2.75, 3.05) is 42.7 Å². The molecule has 1 saturated heterocycles. The van der Waals surface area contributed by atoms with Crippen LogP contribution in [0, 0.1) is 0 Å². The summed E-state index contributed by atoms with van der Waals surface area (Å²) < 4.78 is 3.67. The van der Waals surface area contributed by atoms with E-state index in [0.717, 1.165) is 42.4 Å². The van der Waals surface area contributed by atoms with Gasteiger partial charge in [-0.05, 0) is 80.6 Å². The van der Waals surface area contributed by atoms with Crippen LogP contribution in [0.3, 0.4) is 0 Å². The van der Waals surface area contributed by atoms with Crippen LogP contribution in [0.1, 0.15) is 27.3 Å². The molecule has 0 radical (unpaired) electrons. The van der Waals surface area contributed by atoms with E-state index in [1.807, 2.05) is 24.3 Å². The number of rotatable bonds is 6. The van der Waals surface area contributed by atoms with Crippen molar-refractivity contribution < 1.29 is 9.59 Å². The zero-order chi connectivity index (χ0) is 21.8. The first-order valence-electron chi connectivity index (χ1n) is 10.0. The minimum absolute atomic E-state index is 0.205. The minimum atomic E-state index is -0.332. The van der Waals surface area contributed by atoms with Gasteiger partial charge in [0.15, 0.2) is 5.69 Å². The Kier molecular flexibility index (Phi) is 6.24. The molecule has 1 aliphatic rings. The molecule has 4 rings (SSSR count). The maximum atomic E-state index is 12.6. The van der Waals surface area contributed by atoms with Crippen molar-refractivity contribution in [2.24, 2.45) is 0 Å². The lowest BCUT2D eigenvalue weighted by Crippen LogP contribution is -2.31. The summed E-state index contributed by atoms with van der Waals surface area (Å²) in [5.41, 5.74) is 3.26. The number of hydrogen-bond acceptors (Lipinski definition) is 7. The predicted molar refractivity (Wildman–Crippen MR) is 123 cm³/mol. The van der Waals surface area contributed by atoms with Gasteiger partial charge < -0.3 is 20.4 Å². The van der Waals surface area contributed by atoms with Gasteiger partial charge in [0.25, 0.3) is 11.8 Å². The summed E-state index contributed by atoms with van der Waals surface area (Å²) in [4.78, 5) is 29.2. The molecule has 0 spiro atoms. The van der Waals surface area contributed by atoms with Crippen molar-refractivity contribution in [3.8, 4) is 0 Å². The monoisotopic (exact) mass is 436 g/mol. The predicted octanol–water partition coefficient (Wildman–Crippen LogP) is 3.18. The maximum Gasteiger partial charge on any atom is 0.277 e. The third-order valence-corrected chi connectivity index (χ3v) is 5.89. The van der Waals surface area contributed by atoms with E-state index in [1.54, 1.807) is 29.6 Å². The van der Waals surface area contributed by atoms with Gasteiger partial charge in [-0.2, -0.15) is 0 Å². The molecule has 9 heteroatoms. The normalized spacial score (nSPS) is 15.8. The fraction of sp³-hybridized carbons (Fsp3) is 0.273. The lowest BCUT2D eigenvalue weighted by molar-refractivity contribution is 0.101. The van der Waals surface area contributed by atoms with Gasteiger partial charge in [-0.15, -0.1) is 5.10 Å².